The highest BCUT2D eigenvalue weighted by Gasteiger charge is 2.53. The first kappa shape index (κ1) is 27.6. The molecule has 2 aliphatic rings. The number of phenols is 1. The highest BCUT2D eigenvalue weighted by molar-refractivity contribution is 6.05. The standard InChI is InChI=1S/C31H37NO6/c1-3-9-20(16-21-10-7-8-13-26(21)34)14-15-27(35)28-22(19-38-23-11-5-4-6-12-23)17-24-29(25(28)18-33)31(37)32(2)30(24)36/h4-8,10-13,16,24-25,27,29,33-35H,3,9,14-15,17-19H2,1-2H3/b20-16+/t24-,25+,27-,29-/m1/s1. The Hall–Kier alpha value is -3.42. The number of aliphatic hydroxyl groups excluding tert-OH is 2. The highest BCUT2D eigenvalue weighted by atomic mass is 16.5. The number of fused-ring (bicyclic) bond motifs is 1. The number of allylic oxidation sites excluding steroid dienone is 1. The van der Waals surface area contributed by atoms with Crippen molar-refractivity contribution in [2.45, 2.75) is 45.1 Å². The minimum Gasteiger partial charge on any atom is -0.507 e. The number of aliphatic hydroxyl groups is 2. The van der Waals surface area contributed by atoms with Crippen LogP contribution in [0.1, 0.15) is 44.6 Å². The first-order valence-corrected chi connectivity index (χ1v) is 13.3. The second kappa shape index (κ2) is 12.4. The van der Waals surface area contributed by atoms with Crippen molar-refractivity contribution < 1.29 is 29.6 Å². The lowest BCUT2D eigenvalue weighted by molar-refractivity contribution is -0.138. The van der Waals surface area contributed by atoms with Gasteiger partial charge in [0.25, 0.3) is 0 Å². The molecule has 0 bridgehead atoms. The summed E-state index contributed by atoms with van der Waals surface area (Å²) in [6, 6.07) is 16.5. The van der Waals surface area contributed by atoms with E-state index in [-0.39, 0.29) is 30.8 Å². The van der Waals surface area contributed by atoms with Gasteiger partial charge in [-0.1, -0.05) is 61.4 Å². The second-order valence-corrected chi connectivity index (χ2v) is 10.2. The fraction of sp³-hybridized carbons (Fsp3) is 0.419. The highest BCUT2D eigenvalue weighted by Crippen LogP contribution is 2.46. The smallest absolute Gasteiger partial charge is 0.233 e. The second-order valence-electron chi connectivity index (χ2n) is 10.2. The zero-order chi connectivity index (χ0) is 27.2. The molecule has 4 atom stereocenters. The van der Waals surface area contributed by atoms with Crippen molar-refractivity contribution in [1.29, 1.82) is 0 Å². The summed E-state index contributed by atoms with van der Waals surface area (Å²) in [5, 5.41) is 32.1. The van der Waals surface area contributed by atoms with Gasteiger partial charge in [0, 0.05) is 18.5 Å². The van der Waals surface area contributed by atoms with E-state index in [0.29, 0.717) is 30.6 Å². The van der Waals surface area contributed by atoms with Crippen molar-refractivity contribution >= 4 is 17.9 Å². The van der Waals surface area contributed by atoms with Crippen LogP contribution in [0.15, 0.2) is 71.3 Å². The molecule has 202 valence electrons. The van der Waals surface area contributed by atoms with Crippen LogP contribution in [0, 0.1) is 17.8 Å². The number of carbonyl (C=O) groups is 2. The van der Waals surface area contributed by atoms with Crippen LogP contribution in [-0.4, -0.2) is 58.4 Å². The van der Waals surface area contributed by atoms with Crippen LogP contribution < -0.4 is 4.74 Å². The Balaban J connectivity index is 1.62. The van der Waals surface area contributed by atoms with Crippen LogP contribution in [0.4, 0.5) is 0 Å². The van der Waals surface area contributed by atoms with Crippen LogP contribution in [0.5, 0.6) is 11.5 Å². The fourth-order valence-electron chi connectivity index (χ4n) is 5.83. The number of phenolic OH excluding ortho intramolecular Hbond substituents is 1. The molecule has 0 spiro atoms. The third-order valence-electron chi connectivity index (χ3n) is 7.72. The molecule has 0 aromatic heterocycles. The summed E-state index contributed by atoms with van der Waals surface area (Å²) in [4.78, 5) is 27.0. The molecule has 0 unspecified atom stereocenters. The number of likely N-dealkylation sites (tertiary alicyclic amines) is 1. The summed E-state index contributed by atoms with van der Waals surface area (Å²) in [7, 11) is 1.48. The molecule has 0 saturated carbocycles. The largest absolute Gasteiger partial charge is 0.507 e. The molecule has 1 fully saturated rings. The van der Waals surface area contributed by atoms with Gasteiger partial charge in [-0.2, -0.15) is 0 Å². The third-order valence-corrected chi connectivity index (χ3v) is 7.72. The van der Waals surface area contributed by atoms with Crippen LogP contribution >= 0.6 is 0 Å². The van der Waals surface area contributed by atoms with Crippen molar-refractivity contribution in [1.82, 2.24) is 4.90 Å². The monoisotopic (exact) mass is 519 g/mol. The number of rotatable bonds is 11. The van der Waals surface area contributed by atoms with Crippen LogP contribution in [-0.2, 0) is 9.59 Å². The first-order valence-electron chi connectivity index (χ1n) is 13.3. The topological polar surface area (TPSA) is 107 Å². The molecule has 1 heterocycles. The Morgan fingerprint density at radius 1 is 1.08 bits per heavy atom. The summed E-state index contributed by atoms with van der Waals surface area (Å²) < 4.78 is 6.01. The lowest BCUT2D eigenvalue weighted by atomic mass is 9.68. The average Bonchev–Trinajstić information content (AvgIpc) is 3.14. The lowest BCUT2D eigenvalue weighted by Crippen LogP contribution is -2.39. The van der Waals surface area contributed by atoms with E-state index in [2.05, 4.69) is 6.92 Å². The number of benzene rings is 2. The molecular weight excluding hydrogens is 482 g/mol. The minimum atomic E-state index is -0.916. The maximum Gasteiger partial charge on any atom is 0.233 e. The van der Waals surface area contributed by atoms with Gasteiger partial charge in [0.05, 0.1) is 24.5 Å². The molecule has 0 radical (unpaired) electrons. The molecule has 3 N–H and O–H groups in total. The SMILES string of the molecule is CCC/C(=C\c1ccccc1O)CC[C@@H](O)C1=C(COc2ccccc2)C[C@H]2C(=O)N(C)C(=O)[C@H]2[C@H]1CO. The van der Waals surface area contributed by atoms with Crippen molar-refractivity contribution in [2.24, 2.45) is 17.8 Å². The molecule has 1 aliphatic carbocycles. The van der Waals surface area contributed by atoms with Crippen molar-refractivity contribution in [2.75, 3.05) is 20.3 Å². The van der Waals surface area contributed by atoms with Crippen LogP contribution in [0.3, 0.4) is 0 Å². The van der Waals surface area contributed by atoms with E-state index in [0.717, 1.165) is 34.5 Å². The number of carbonyl (C=O) groups excluding carboxylic acids is 2. The predicted octanol–water partition coefficient (Wildman–Crippen LogP) is 4.34. The van der Waals surface area contributed by atoms with E-state index >= 15 is 0 Å². The molecule has 2 aromatic rings. The maximum atomic E-state index is 13.0. The average molecular weight is 520 g/mol. The van der Waals surface area contributed by atoms with Gasteiger partial charge in [-0.3, -0.25) is 14.5 Å². The molecule has 2 amide bonds. The quantitative estimate of drug-likeness (QED) is 0.301. The van der Waals surface area contributed by atoms with Crippen molar-refractivity contribution in [3.8, 4) is 11.5 Å². The van der Waals surface area contributed by atoms with Crippen molar-refractivity contribution in [3.05, 3.63) is 76.9 Å². The molecule has 38 heavy (non-hydrogen) atoms. The van der Waals surface area contributed by atoms with Gasteiger partial charge in [-0.05, 0) is 55.0 Å². The molecule has 1 aliphatic heterocycles. The number of hydrogen-bond acceptors (Lipinski definition) is 6. The van der Waals surface area contributed by atoms with E-state index in [1.165, 1.54) is 7.05 Å². The Morgan fingerprint density at radius 3 is 2.47 bits per heavy atom. The van der Waals surface area contributed by atoms with E-state index < -0.39 is 23.9 Å². The first-order chi connectivity index (χ1) is 18.3. The van der Waals surface area contributed by atoms with Crippen LogP contribution in [0.25, 0.3) is 6.08 Å². The van der Waals surface area contributed by atoms with E-state index in [4.69, 9.17) is 4.74 Å². The number of amides is 2. The molecular formula is C31H37NO6. The zero-order valence-corrected chi connectivity index (χ0v) is 22.0. The molecule has 7 heteroatoms. The van der Waals surface area contributed by atoms with Gasteiger partial charge >= 0.3 is 0 Å². The van der Waals surface area contributed by atoms with Gasteiger partial charge in [0.2, 0.25) is 11.8 Å². The Labute approximate surface area is 224 Å². The number of hydrogen-bond donors (Lipinski definition) is 3. The Kier molecular flexibility index (Phi) is 9.02. The normalized spacial score (nSPS) is 22.6. The number of para-hydroxylation sites is 2. The van der Waals surface area contributed by atoms with E-state index in [1.54, 1.807) is 12.1 Å². The van der Waals surface area contributed by atoms with E-state index in [1.807, 2.05) is 48.5 Å². The molecule has 4 rings (SSSR count). The number of nitrogens with zero attached hydrogens (tertiary/aromatic N) is 1. The minimum absolute atomic E-state index is 0.164. The summed E-state index contributed by atoms with van der Waals surface area (Å²) in [5.41, 5.74) is 3.20. The fourth-order valence-corrected chi connectivity index (χ4v) is 5.83. The predicted molar refractivity (Wildman–Crippen MR) is 145 cm³/mol. The number of imide groups is 1. The van der Waals surface area contributed by atoms with Gasteiger partial charge < -0.3 is 20.1 Å². The summed E-state index contributed by atoms with van der Waals surface area (Å²) >= 11 is 0. The molecule has 2 aromatic carbocycles. The lowest BCUT2D eigenvalue weighted by Gasteiger charge is -2.36. The van der Waals surface area contributed by atoms with Gasteiger partial charge in [0.15, 0.2) is 0 Å². The molecule has 7 nitrogen and oxygen atoms in total. The summed E-state index contributed by atoms with van der Waals surface area (Å²) in [6.07, 6.45) is 4.06. The number of aromatic hydroxyl groups is 1. The van der Waals surface area contributed by atoms with Crippen LogP contribution in [0.2, 0.25) is 0 Å². The summed E-state index contributed by atoms with van der Waals surface area (Å²) in [6.45, 7) is 1.90. The van der Waals surface area contributed by atoms with Gasteiger partial charge in [-0.15, -0.1) is 0 Å². The Bertz CT molecular complexity index is 1200. The molecule has 1 saturated heterocycles. The summed E-state index contributed by atoms with van der Waals surface area (Å²) in [5.74, 6) is -1.59. The van der Waals surface area contributed by atoms with Crippen molar-refractivity contribution in [3.63, 3.8) is 0 Å². The zero-order valence-electron chi connectivity index (χ0n) is 22.0. The van der Waals surface area contributed by atoms with E-state index in [9.17, 15) is 24.9 Å². The third kappa shape index (κ3) is 5.84. The maximum absolute atomic E-state index is 13.0. The van der Waals surface area contributed by atoms with Gasteiger partial charge in [-0.25, -0.2) is 0 Å². The van der Waals surface area contributed by atoms with Gasteiger partial charge in [0.1, 0.15) is 18.1 Å². The Morgan fingerprint density at radius 2 is 1.79 bits per heavy atom. The number of ether oxygens (including phenoxy) is 1.